The highest BCUT2D eigenvalue weighted by Gasteiger charge is 2.18. The molecule has 25 heavy (non-hydrogen) atoms. The molecular formula is C17H14ClFN2O4. The molecule has 0 saturated heterocycles. The van der Waals surface area contributed by atoms with Crippen LogP contribution in [0, 0.1) is 5.82 Å². The third-order valence-corrected chi connectivity index (χ3v) is 3.28. The quantitative estimate of drug-likeness (QED) is 0.798. The van der Waals surface area contributed by atoms with Crippen LogP contribution in [0.1, 0.15) is 17.3 Å². The minimum absolute atomic E-state index is 0.103. The van der Waals surface area contributed by atoms with Crippen molar-refractivity contribution in [3.05, 3.63) is 58.9 Å². The molecule has 0 aromatic heterocycles. The fraction of sp³-hybridized carbons (Fsp3) is 0.118. The summed E-state index contributed by atoms with van der Waals surface area (Å²) in [6, 6.07) is 10.2. The lowest BCUT2D eigenvalue weighted by atomic mass is 10.2. The number of benzene rings is 2. The van der Waals surface area contributed by atoms with E-state index in [1.165, 1.54) is 25.1 Å². The third kappa shape index (κ3) is 5.29. The summed E-state index contributed by atoms with van der Waals surface area (Å²) < 4.78 is 18.4. The molecule has 2 aromatic carbocycles. The van der Waals surface area contributed by atoms with Crippen LogP contribution in [0.15, 0.2) is 42.5 Å². The Balaban J connectivity index is 1.95. The first-order valence-electron chi connectivity index (χ1n) is 7.15. The van der Waals surface area contributed by atoms with E-state index in [4.69, 9.17) is 16.3 Å². The van der Waals surface area contributed by atoms with E-state index in [0.29, 0.717) is 11.4 Å². The first-order valence-corrected chi connectivity index (χ1v) is 7.53. The summed E-state index contributed by atoms with van der Waals surface area (Å²) in [6.45, 7) is 0.742. The monoisotopic (exact) mass is 364 g/mol. The maximum Gasteiger partial charge on any atom is 0.343 e. The normalized spacial score (nSPS) is 10.0. The van der Waals surface area contributed by atoms with Crippen molar-refractivity contribution in [2.45, 2.75) is 6.92 Å². The van der Waals surface area contributed by atoms with Crippen molar-refractivity contribution in [1.82, 2.24) is 0 Å². The molecule has 0 saturated carbocycles. The second-order valence-electron chi connectivity index (χ2n) is 4.98. The first-order chi connectivity index (χ1) is 11.9. The Morgan fingerprint density at radius 1 is 1.08 bits per heavy atom. The second-order valence-corrected chi connectivity index (χ2v) is 5.39. The minimum Gasteiger partial charge on any atom is -0.452 e. The van der Waals surface area contributed by atoms with Gasteiger partial charge in [0.1, 0.15) is 11.4 Å². The smallest absolute Gasteiger partial charge is 0.343 e. The van der Waals surface area contributed by atoms with Gasteiger partial charge in [0.2, 0.25) is 5.91 Å². The molecule has 0 unspecified atom stereocenters. The molecule has 2 rings (SSSR count). The van der Waals surface area contributed by atoms with Gasteiger partial charge in [0.25, 0.3) is 5.91 Å². The van der Waals surface area contributed by atoms with E-state index in [-0.39, 0.29) is 10.9 Å². The molecule has 0 aliphatic heterocycles. The van der Waals surface area contributed by atoms with Crippen LogP contribution >= 0.6 is 11.6 Å². The number of rotatable bonds is 5. The Morgan fingerprint density at radius 2 is 1.72 bits per heavy atom. The zero-order valence-electron chi connectivity index (χ0n) is 13.1. The van der Waals surface area contributed by atoms with Gasteiger partial charge < -0.3 is 15.4 Å². The molecule has 130 valence electrons. The van der Waals surface area contributed by atoms with Crippen LogP contribution in [-0.2, 0) is 14.3 Å². The Kier molecular flexibility index (Phi) is 6.08. The maximum atomic E-state index is 13.6. The van der Waals surface area contributed by atoms with Crippen molar-refractivity contribution in [3.63, 3.8) is 0 Å². The lowest BCUT2D eigenvalue weighted by Crippen LogP contribution is -2.21. The van der Waals surface area contributed by atoms with Crippen LogP contribution in [0.4, 0.5) is 15.8 Å². The lowest BCUT2D eigenvalue weighted by Gasteiger charge is -2.09. The Hall–Kier alpha value is -2.93. The molecule has 0 heterocycles. The third-order valence-electron chi connectivity index (χ3n) is 2.97. The summed E-state index contributed by atoms with van der Waals surface area (Å²) >= 11 is 5.75. The van der Waals surface area contributed by atoms with E-state index in [0.717, 1.165) is 6.07 Å². The topological polar surface area (TPSA) is 84.5 Å². The summed E-state index contributed by atoms with van der Waals surface area (Å²) in [4.78, 5) is 34.7. The average Bonchev–Trinajstić information content (AvgIpc) is 2.52. The molecule has 0 spiro atoms. The van der Waals surface area contributed by atoms with Gasteiger partial charge in [0, 0.05) is 18.3 Å². The van der Waals surface area contributed by atoms with E-state index in [2.05, 4.69) is 10.6 Å². The van der Waals surface area contributed by atoms with Crippen LogP contribution in [0.5, 0.6) is 0 Å². The Labute approximate surface area is 147 Å². The van der Waals surface area contributed by atoms with Crippen LogP contribution in [0.3, 0.4) is 0 Å². The van der Waals surface area contributed by atoms with Gasteiger partial charge in [0.15, 0.2) is 6.61 Å². The molecule has 0 aliphatic carbocycles. The Morgan fingerprint density at radius 3 is 2.36 bits per heavy atom. The zero-order valence-corrected chi connectivity index (χ0v) is 13.9. The standard InChI is InChI=1S/C17H14ClFN2O4/c1-10(22)20-11-4-2-5-12(8-11)21-15(23)9-25-17(24)16-13(18)6-3-7-14(16)19/h2-8H,9H2,1H3,(H,20,22)(H,21,23). The van der Waals surface area contributed by atoms with E-state index in [9.17, 15) is 18.8 Å². The highest BCUT2D eigenvalue weighted by molar-refractivity contribution is 6.33. The van der Waals surface area contributed by atoms with Gasteiger partial charge in [-0.05, 0) is 30.3 Å². The van der Waals surface area contributed by atoms with E-state index in [1.54, 1.807) is 18.2 Å². The fourth-order valence-corrected chi connectivity index (χ4v) is 2.21. The van der Waals surface area contributed by atoms with Gasteiger partial charge in [0.05, 0.1) is 5.02 Å². The molecule has 2 N–H and O–H groups in total. The summed E-state index contributed by atoms with van der Waals surface area (Å²) in [5.74, 6) is -2.74. The van der Waals surface area contributed by atoms with Gasteiger partial charge in [-0.1, -0.05) is 23.7 Å². The molecule has 0 aliphatic rings. The second kappa shape index (κ2) is 8.25. The number of hydrogen-bond acceptors (Lipinski definition) is 4. The van der Waals surface area contributed by atoms with Crippen LogP contribution in [0.2, 0.25) is 5.02 Å². The number of esters is 1. The molecule has 0 bridgehead atoms. The SMILES string of the molecule is CC(=O)Nc1cccc(NC(=O)COC(=O)c2c(F)cccc2Cl)c1. The maximum absolute atomic E-state index is 13.6. The van der Waals surface area contributed by atoms with Gasteiger partial charge in [-0.25, -0.2) is 9.18 Å². The summed E-state index contributed by atoms with van der Waals surface area (Å²) in [7, 11) is 0. The fourth-order valence-electron chi connectivity index (χ4n) is 1.97. The zero-order chi connectivity index (χ0) is 18.4. The molecule has 0 fully saturated rings. The highest BCUT2D eigenvalue weighted by Crippen LogP contribution is 2.20. The van der Waals surface area contributed by atoms with Gasteiger partial charge in [-0.15, -0.1) is 0 Å². The van der Waals surface area contributed by atoms with Gasteiger partial charge in [-0.3, -0.25) is 9.59 Å². The van der Waals surface area contributed by atoms with Crippen molar-refractivity contribution in [2.24, 2.45) is 0 Å². The summed E-state index contributed by atoms with van der Waals surface area (Å²) in [5.41, 5.74) is 0.473. The van der Waals surface area contributed by atoms with Gasteiger partial charge >= 0.3 is 5.97 Å². The average molecular weight is 365 g/mol. The number of halogens is 2. The van der Waals surface area contributed by atoms with Gasteiger partial charge in [-0.2, -0.15) is 0 Å². The number of carbonyl (C=O) groups excluding carboxylic acids is 3. The van der Waals surface area contributed by atoms with E-state index >= 15 is 0 Å². The number of ether oxygens (including phenoxy) is 1. The number of anilines is 2. The van der Waals surface area contributed by atoms with E-state index in [1.807, 2.05) is 0 Å². The number of amides is 2. The van der Waals surface area contributed by atoms with Crippen molar-refractivity contribution >= 4 is 40.8 Å². The Bertz CT molecular complexity index is 806. The molecule has 2 amide bonds. The molecule has 2 aromatic rings. The summed E-state index contributed by atoms with van der Waals surface area (Å²) in [6.07, 6.45) is 0. The molecule has 0 radical (unpaired) electrons. The largest absolute Gasteiger partial charge is 0.452 e. The van der Waals surface area contributed by atoms with Crippen LogP contribution in [0.25, 0.3) is 0 Å². The molecule has 6 nitrogen and oxygen atoms in total. The number of hydrogen-bond donors (Lipinski definition) is 2. The number of nitrogens with one attached hydrogen (secondary N) is 2. The number of carbonyl (C=O) groups is 3. The summed E-state index contributed by atoms with van der Waals surface area (Å²) in [5, 5.41) is 4.96. The van der Waals surface area contributed by atoms with Crippen molar-refractivity contribution < 1.29 is 23.5 Å². The first kappa shape index (κ1) is 18.4. The highest BCUT2D eigenvalue weighted by atomic mass is 35.5. The molecular weight excluding hydrogens is 351 g/mol. The van der Waals surface area contributed by atoms with Crippen molar-refractivity contribution in [2.75, 3.05) is 17.2 Å². The van der Waals surface area contributed by atoms with Crippen LogP contribution < -0.4 is 10.6 Å². The van der Waals surface area contributed by atoms with Crippen molar-refractivity contribution in [1.29, 1.82) is 0 Å². The lowest BCUT2D eigenvalue weighted by molar-refractivity contribution is -0.119. The van der Waals surface area contributed by atoms with Crippen LogP contribution in [-0.4, -0.2) is 24.4 Å². The predicted molar refractivity (Wildman–Crippen MR) is 91.1 cm³/mol. The molecule has 0 atom stereocenters. The molecule has 8 heteroatoms. The van der Waals surface area contributed by atoms with Crippen molar-refractivity contribution in [3.8, 4) is 0 Å². The van der Waals surface area contributed by atoms with E-state index < -0.39 is 29.9 Å². The predicted octanol–water partition coefficient (Wildman–Crippen LogP) is 3.23. The minimum atomic E-state index is -1.04.